The van der Waals surface area contributed by atoms with Gasteiger partial charge in [-0.2, -0.15) is 0 Å². The molecule has 4 rings (SSSR count). The maximum absolute atomic E-state index is 13.0. The zero-order valence-electron chi connectivity index (χ0n) is 16.8. The molecule has 1 atom stereocenters. The SMILES string of the molecule is COc1cc([C@@H]2CC(=O)Nc3nc(-c4ccccc4)[nH]c(=O)c32)cc(OC)c1OC. The van der Waals surface area contributed by atoms with Crippen molar-refractivity contribution in [3.63, 3.8) is 0 Å². The summed E-state index contributed by atoms with van der Waals surface area (Å²) in [4.78, 5) is 32.9. The van der Waals surface area contributed by atoms with Crippen molar-refractivity contribution in [2.45, 2.75) is 12.3 Å². The van der Waals surface area contributed by atoms with Crippen LogP contribution in [0.5, 0.6) is 17.2 Å². The molecule has 0 spiro atoms. The fraction of sp³-hybridized carbons (Fsp3) is 0.227. The highest BCUT2D eigenvalue weighted by molar-refractivity contribution is 5.94. The van der Waals surface area contributed by atoms with Gasteiger partial charge in [-0.1, -0.05) is 30.3 Å². The molecule has 1 amide bonds. The minimum atomic E-state index is -0.511. The highest BCUT2D eigenvalue weighted by Crippen LogP contribution is 2.43. The Morgan fingerprint density at radius 2 is 1.63 bits per heavy atom. The number of aromatic amines is 1. The molecule has 0 radical (unpaired) electrons. The van der Waals surface area contributed by atoms with Crippen LogP contribution in [0.4, 0.5) is 5.82 Å². The number of fused-ring (bicyclic) bond motifs is 1. The number of hydrogen-bond donors (Lipinski definition) is 2. The van der Waals surface area contributed by atoms with Gasteiger partial charge in [-0.3, -0.25) is 9.59 Å². The third kappa shape index (κ3) is 3.36. The summed E-state index contributed by atoms with van der Waals surface area (Å²) in [5.74, 6) is 1.25. The van der Waals surface area contributed by atoms with Gasteiger partial charge in [-0.05, 0) is 17.7 Å². The van der Waals surface area contributed by atoms with Gasteiger partial charge in [0, 0.05) is 17.9 Å². The molecule has 0 bridgehead atoms. The van der Waals surface area contributed by atoms with Gasteiger partial charge in [-0.15, -0.1) is 0 Å². The zero-order chi connectivity index (χ0) is 21.3. The number of carbonyl (C=O) groups excluding carboxylic acids is 1. The molecule has 3 aromatic rings. The molecule has 0 aliphatic carbocycles. The predicted octanol–water partition coefficient (Wildman–Crippen LogP) is 2.94. The van der Waals surface area contributed by atoms with E-state index < -0.39 is 5.92 Å². The molecule has 0 unspecified atom stereocenters. The van der Waals surface area contributed by atoms with E-state index in [0.29, 0.717) is 34.2 Å². The fourth-order valence-corrected chi connectivity index (χ4v) is 3.69. The number of methoxy groups -OCH3 is 3. The third-order valence-electron chi connectivity index (χ3n) is 5.09. The summed E-state index contributed by atoms with van der Waals surface area (Å²) in [6.45, 7) is 0. The van der Waals surface area contributed by atoms with Gasteiger partial charge in [0.05, 0.1) is 26.9 Å². The summed E-state index contributed by atoms with van der Waals surface area (Å²) in [5, 5.41) is 2.73. The fourth-order valence-electron chi connectivity index (χ4n) is 3.69. The van der Waals surface area contributed by atoms with Crippen LogP contribution >= 0.6 is 0 Å². The summed E-state index contributed by atoms with van der Waals surface area (Å²) in [7, 11) is 4.55. The first-order valence-electron chi connectivity index (χ1n) is 9.35. The molecule has 1 aliphatic heterocycles. The number of aromatic nitrogens is 2. The van der Waals surface area contributed by atoms with E-state index in [1.165, 1.54) is 21.3 Å². The van der Waals surface area contributed by atoms with Gasteiger partial charge in [0.1, 0.15) is 11.6 Å². The maximum Gasteiger partial charge on any atom is 0.257 e. The first-order chi connectivity index (χ1) is 14.5. The highest BCUT2D eigenvalue weighted by atomic mass is 16.5. The second-order valence-electron chi connectivity index (χ2n) is 6.81. The molecular weight excluding hydrogens is 386 g/mol. The van der Waals surface area contributed by atoms with E-state index in [2.05, 4.69) is 15.3 Å². The summed E-state index contributed by atoms with van der Waals surface area (Å²) >= 11 is 0. The smallest absolute Gasteiger partial charge is 0.257 e. The lowest BCUT2D eigenvalue weighted by atomic mass is 9.86. The number of benzene rings is 2. The van der Waals surface area contributed by atoms with E-state index in [-0.39, 0.29) is 23.7 Å². The second kappa shape index (κ2) is 7.90. The van der Waals surface area contributed by atoms with Gasteiger partial charge in [-0.25, -0.2) is 4.98 Å². The molecule has 2 aromatic carbocycles. The Kier molecular flexibility index (Phi) is 5.14. The molecule has 1 aliphatic rings. The Labute approximate surface area is 172 Å². The van der Waals surface area contributed by atoms with Crippen LogP contribution in [-0.4, -0.2) is 37.2 Å². The van der Waals surface area contributed by atoms with Crippen LogP contribution < -0.4 is 25.1 Å². The van der Waals surface area contributed by atoms with Crippen LogP contribution in [0.2, 0.25) is 0 Å². The Bertz CT molecular complexity index is 1130. The Balaban J connectivity index is 1.87. The Morgan fingerprint density at radius 1 is 0.967 bits per heavy atom. The van der Waals surface area contributed by atoms with Crippen LogP contribution in [0, 0.1) is 0 Å². The molecule has 2 N–H and O–H groups in total. The molecule has 0 saturated carbocycles. The minimum absolute atomic E-state index is 0.0983. The first-order valence-corrected chi connectivity index (χ1v) is 9.35. The van der Waals surface area contributed by atoms with Crippen molar-refractivity contribution in [1.82, 2.24) is 9.97 Å². The van der Waals surface area contributed by atoms with E-state index >= 15 is 0 Å². The highest BCUT2D eigenvalue weighted by Gasteiger charge is 2.32. The van der Waals surface area contributed by atoms with E-state index in [1.807, 2.05) is 30.3 Å². The standard InChI is InChI=1S/C22H21N3O5/c1-28-15-9-13(10-16(29-2)19(15)30-3)14-11-17(26)23-21-18(14)22(27)25-20(24-21)12-7-5-4-6-8-12/h4-10,14H,11H2,1-3H3,(H2,23,24,25,26,27)/t14-/m0/s1. The van der Waals surface area contributed by atoms with E-state index in [4.69, 9.17) is 14.2 Å². The monoisotopic (exact) mass is 407 g/mol. The number of hydrogen-bond acceptors (Lipinski definition) is 6. The van der Waals surface area contributed by atoms with Gasteiger partial charge in [0.2, 0.25) is 11.7 Å². The number of carbonyl (C=O) groups is 1. The van der Waals surface area contributed by atoms with Crippen molar-refractivity contribution in [1.29, 1.82) is 0 Å². The van der Waals surface area contributed by atoms with Gasteiger partial charge < -0.3 is 24.5 Å². The lowest BCUT2D eigenvalue weighted by Gasteiger charge is -2.25. The van der Waals surface area contributed by atoms with Crippen molar-refractivity contribution in [3.05, 3.63) is 63.9 Å². The van der Waals surface area contributed by atoms with Crippen molar-refractivity contribution in [3.8, 4) is 28.6 Å². The number of rotatable bonds is 5. The normalized spacial score (nSPS) is 15.2. The van der Waals surface area contributed by atoms with Crippen molar-refractivity contribution in [2.75, 3.05) is 26.6 Å². The van der Waals surface area contributed by atoms with Gasteiger partial charge in [0.15, 0.2) is 11.5 Å². The molecule has 154 valence electrons. The van der Waals surface area contributed by atoms with Crippen LogP contribution in [0.3, 0.4) is 0 Å². The largest absolute Gasteiger partial charge is 0.493 e. The summed E-state index contributed by atoms with van der Waals surface area (Å²) in [6.07, 6.45) is 0.0983. The third-order valence-corrected chi connectivity index (χ3v) is 5.09. The van der Waals surface area contributed by atoms with Crippen molar-refractivity contribution in [2.24, 2.45) is 0 Å². The predicted molar refractivity (Wildman–Crippen MR) is 111 cm³/mol. The Morgan fingerprint density at radius 3 is 2.23 bits per heavy atom. The number of anilines is 1. The average molecular weight is 407 g/mol. The number of amides is 1. The lowest BCUT2D eigenvalue weighted by Crippen LogP contribution is -2.31. The Hall–Kier alpha value is -3.81. The van der Waals surface area contributed by atoms with E-state index in [1.54, 1.807) is 12.1 Å². The molecule has 1 aromatic heterocycles. The number of nitrogens with zero attached hydrogens (tertiary/aromatic N) is 1. The van der Waals surface area contributed by atoms with Crippen LogP contribution in [0.15, 0.2) is 47.3 Å². The molecule has 8 nitrogen and oxygen atoms in total. The van der Waals surface area contributed by atoms with Crippen molar-refractivity contribution < 1.29 is 19.0 Å². The van der Waals surface area contributed by atoms with Crippen molar-refractivity contribution >= 4 is 11.7 Å². The van der Waals surface area contributed by atoms with Crippen LogP contribution in [0.25, 0.3) is 11.4 Å². The number of nitrogens with one attached hydrogen (secondary N) is 2. The quantitative estimate of drug-likeness (QED) is 0.674. The minimum Gasteiger partial charge on any atom is -0.493 e. The van der Waals surface area contributed by atoms with Gasteiger partial charge in [0.25, 0.3) is 5.56 Å². The summed E-state index contributed by atoms with van der Waals surface area (Å²) in [6, 6.07) is 12.8. The topological polar surface area (TPSA) is 103 Å². The average Bonchev–Trinajstić information content (AvgIpc) is 2.77. The summed E-state index contributed by atoms with van der Waals surface area (Å²) < 4.78 is 16.2. The van der Waals surface area contributed by atoms with Crippen LogP contribution in [-0.2, 0) is 4.79 Å². The molecule has 8 heteroatoms. The first kappa shape index (κ1) is 19.5. The summed E-state index contributed by atoms with van der Waals surface area (Å²) in [5.41, 5.74) is 1.53. The molecule has 0 fully saturated rings. The zero-order valence-corrected chi connectivity index (χ0v) is 16.8. The number of H-pyrrole nitrogens is 1. The molecular formula is C22H21N3O5. The lowest BCUT2D eigenvalue weighted by molar-refractivity contribution is -0.116. The second-order valence-corrected chi connectivity index (χ2v) is 6.81. The molecule has 0 saturated heterocycles. The maximum atomic E-state index is 13.0. The van der Waals surface area contributed by atoms with E-state index in [9.17, 15) is 9.59 Å². The van der Waals surface area contributed by atoms with E-state index in [0.717, 1.165) is 5.56 Å². The number of ether oxygens (including phenoxy) is 3. The molecule has 30 heavy (non-hydrogen) atoms. The molecule has 2 heterocycles. The van der Waals surface area contributed by atoms with Crippen LogP contribution in [0.1, 0.15) is 23.5 Å². The van der Waals surface area contributed by atoms with Gasteiger partial charge >= 0.3 is 0 Å².